The molecule has 0 atom stereocenters. The molecular formula is C15H23FN2O. The highest BCUT2D eigenvalue weighted by Crippen LogP contribution is 2.16. The zero-order chi connectivity index (χ0) is 13.7. The zero-order valence-corrected chi connectivity index (χ0v) is 11.5. The molecule has 0 unspecified atom stereocenters. The SMILES string of the molecule is CCCN1CCC(NCc2cc(O)cc(F)c2)CC1. The van der Waals surface area contributed by atoms with Gasteiger partial charge < -0.3 is 15.3 Å². The summed E-state index contributed by atoms with van der Waals surface area (Å²) < 4.78 is 13.1. The minimum Gasteiger partial charge on any atom is -0.508 e. The largest absolute Gasteiger partial charge is 0.508 e. The lowest BCUT2D eigenvalue weighted by Crippen LogP contribution is -2.42. The summed E-state index contributed by atoms with van der Waals surface area (Å²) in [6, 6.07) is 4.71. The molecule has 0 spiro atoms. The van der Waals surface area contributed by atoms with Gasteiger partial charge in [-0.3, -0.25) is 0 Å². The van der Waals surface area contributed by atoms with E-state index in [4.69, 9.17) is 0 Å². The van der Waals surface area contributed by atoms with E-state index in [-0.39, 0.29) is 11.6 Å². The lowest BCUT2D eigenvalue weighted by Gasteiger charge is -2.32. The summed E-state index contributed by atoms with van der Waals surface area (Å²) in [5, 5.41) is 12.8. The zero-order valence-electron chi connectivity index (χ0n) is 11.5. The molecule has 1 fully saturated rings. The minimum atomic E-state index is -0.380. The van der Waals surface area contributed by atoms with E-state index >= 15 is 0 Å². The van der Waals surface area contributed by atoms with Crippen molar-refractivity contribution in [3.05, 3.63) is 29.6 Å². The van der Waals surface area contributed by atoms with Crippen LogP contribution in [-0.2, 0) is 6.54 Å². The van der Waals surface area contributed by atoms with E-state index in [0.29, 0.717) is 12.6 Å². The van der Waals surface area contributed by atoms with Gasteiger partial charge in [0.25, 0.3) is 0 Å². The molecule has 1 aliphatic heterocycles. The topological polar surface area (TPSA) is 35.5 Å². The van der Waals surface area contributed by atoms with Crippen LogP contribution in [0.4, 0.5) is 4.39 Å². The van der Waals surface area contributed by atoms with E-state index in [1.807, 2.05) is 0 Å². The Balaban J connectivity index is 1.77. The fraction of sp³-hybridized carbons (Fsp3) is 0.600. The molecule has 0 amide bonds. The van der Waals surface area contributed by atoms with Crippen LogP contribution in [0.2, 0.25) is 0 Å². The van der Waals surface area contributed by atoms with E-state index in [0.717, 1.165) is 37.6 Å². The van der Waals surface area contributed by atoms with Gasteiger partial charge in [0.15, 0.2) is 0 Å². The van der Waals surface area contributed by atoms with Gasteiger partial charge in [0, 0.05) is 18.7 Å². The van der Waals surface area contributed by atoms with Crippen molar-refractivity contribution < 1.29 is 9.50 Å². The Morgan fingerprint density at radius 3 is 2.68 bits per heavy atom. The number of aromatic hydroxyl groups is 1. The minimum absolute atomic E-state index is 0.00503. The van der Waals surface area contributed by atoms with E-state index in [2.05, 4.69) is 17.1 Å². The maximum atomic E-state index is 13.1. The quantitative estimate of drug-likeness (QED) is 0.859. The van der Waals surface area contributed by atoms with Gasteiger partial charge in [-0.15, -0.1) is 0 Å². The first kappa shape index (κ1) is 14.3. The van der Waals surface area contributed by atoms with Crippen molar-refractivity contribution in [1.29, 1.82) is 0 Å². The third-order valence-electron chi connectivity index (χ3n) is 3.66. The maximum absolute atomic E-state index is 13.1. The number of phenolic OH excluding ortho intramolecular Hbond substituents is 1. The van der Waals surface area contributed by atoms with Crippen molar-refractivity contribution in [2.75, 3.05) is 19.6 Å². The molecule has 0 aliphatic carbocycles. The molecule has 1 aliphatic rings. The summed E-state index contributed by atoms with van der Waals surface area (Å²) in [4.78, 5) is 2.49. The first-order valence-corrected chi connectivity index (χ1v) is 7.11. The van der Waals surface area contributed by atoms with Crippen molar-refractivity contribution >= 4 is 0 Å². The second-order valence-corrected chi connectivity index (χ2v) is 5.31. The highest BCUT2D eigenvalue weighted by atomic mass is 19.1. The van der Waals surface area contributed by atoms with Crippen molar-refractivity contribution in [3.63, 3.8) is 0 Å². The first-order valence-electron chi connectivity index (χ1n) is 7.11. The summed E-state index contributed by atoms with van der Waals surface area (Å²) in [7, 11) is 0. The number of hydrogen-bond acceptors (Lipinski definition) is 3. The Morgan fingerprint density at radius 2 is 2.05 bits per heavy atom. The monoisotopic (exact) mass is 266 g/mol. The normalized spacial score (nSPS) is 17.8. The summed E-state index contributed by atoms with van der Waals surface area (Å²) in [5.41, 5.74) is 0.800. The summed E-state index contributed by atoms with van der Waals surface area (Å²) in [5.74, 6) is -0.385. The molecule has 0 saturated carbocycles. The number of rotatable bonds is 5. The van der Waals surface area contributed by atoms with Gasteiger partial charge in [-0.1, -0.05) is 6.92 Å². The molecule has 0 bridgehead atoms. The molecule has 19 heavy (non-hydrogen) atoms. The molecule has 1 aromatic rings. The standard InChI is InChI=1S/C15H23FN2O/c1-2-5-18-6-3-14(4-7-18)17-11-12-8-13(16)10-15(19)9-12/h8-10,14,17,19H,2-7,11H2,1H3. The van der Waals surface area contributed by atoms with E-state index < -0.39 is 0 Å². The molecule has 3 nitrogen and oxygen atoms in total. The summed E-state index contributed by atoms with van der Waals surface area (Å²) in [6.07, 6.45) is 3.49. The highest BCUT2D eigenvalue weighted by molar-refractivity contribution is 5.28. The molecule has 4 heteroatoms. The molecule has 2 rings (SSSR count). The Labute approximate surface area is 114 Å². The predicted molar refractivity (Wildman–Crippen MR) is 74.7 cm³/mol. The number of benzene rings is 1. The number of nitrogens with zero attached hydrogens (tertiary/aromatic N) is 1. The molecule has 0 radical (unpaired) electrons. The molecule has 1 saturated heterocycles. The van der Waals surface area contributed by atoms with Gasteiger partial charge in [-0.25, -0.2) is 4.39 Å². The molecule has 106 valence electrons. The number of hydrogen-bond donors (Lipinski definition) is 2. The average molecular weight is 266 g/mol. The van der Waals surface area contributed by atoms with Crippen LogP contribution >= 0.6 is 0 Å². The van der Waals surface area contributed by atoms with Crippen molar-refractivity contribution in [1.82, 2.24) is 10.2 Å². The van der Waals surface area contributed by atoms with Gasteiger partial charge in [0.05, 0.1) is 0 Å². The molecular weight excluding hydrogens is 243 g/mol. The average Bonchev–Trinajstić information content (AvgIpc) is 2.37. The lowest BCUT2D eigenvalue weighted by atomic mass is 10.0. The van der Waals surface area contributed by atoms with Gasteiger partial charge in [-0.05, 0) is 56.6 Å². The molecule has 1 aromatic carbocycles. The summed E-state index contributed by atoms with van der Waals surface area (Å²) >= 11 is 0. The van der Waals surface area contributed by atoms with E-state index in [1.165, 1.54) is 19.0 Å². The van der Waals surface area contributed by atoms with Crippen LogP contribution in [0.15, 0.2) is 18.2 Å². The first-order chi connectivity index (χ1) is 9.17. The van der Waals surface area contributed by atoms with Crippen LogP contribution < -0.4 is 5.32 Å². The number of halogens is 1. The molecule has 1 heterocycles. The fourth-order valence-electron chi connectivity index (χ4n) is 2.67. The lowest BCUT2D eigenvalue weighted by molar-refractivity contribution is 0.197. The number of likely N-dealkylation sites (tertiary alicyclic amines) is 1. The second kappa shape index (κ2) is 6.87. The van der Waals surface area contributed by atoms with Crippen LogP contribution in [0.1, 0.15) is 31.7 Å². The Kier molecular flexibility index (Phi) is 5.16. The fourth-order valence-corrected chi connectivity index (χ4v) is 2.67. The number of piperidine rings is 1. The van der Waals surface area contributed by atoms with Crippen molar-refractivity contribution in [2.45, 2.75) is 38.8 Å². The Hall–Kier alpha value is -1.13. The summed E-state index contributed by atoms with van der Waals surface area (Å²) in [6.45, 7) is 6.29. The van der Waals surface area contributed by atoms with Crippen molar-refractivity contribution in [2.24, 2.45) is 0 Å². The smallest absolute Gasteiger partial charge is 0.127 e. The maximum Gasteiger partial charge on any atom is 0.127 e. The third-order valence-corrected chi connectivity index (χ3v) is 3.66. The Morgan fingerprint density at radius 1 is 1.32 bits per heavy atom. The van der Waals surface area contributed by atoms with E-state index in [1.54, 1.807) is 6.07 Å². The van der Waals surface area contributed by atoms with E-state index in [9.17, 15) is 9.50 Å². The third kappa shape index (κ3) is 4.48. The van der Waals surface area contributed by atoms with Gasteiger partial charge in [-0.2, -0.15) is 0 Å². The van der Waals surface area contributed by atoms with Crippen LogP contribution in [0, 0.1) is 5.82 Å². The van der Waals surface area contributed by atoms with Crippen molar-refractivity contribution in [3.8, 4) is 5.75 Å². The Bertz CT molecular complexity index is 383. The van der Waals surface area contributed by atoms with Crippen LogP contribution in [0.25, 0.3) is 0 Å². The van der Waals surface area contributed by atoms with Crippen LogP contribution in [-0.4, -0.2) is 35.7 Å². The highest BCUT2D eigenvalue weighted by Gasteiger charge is 2.17. The number of nitrogens with one attached hydrogen (secondary N) is 1. The van der Waals surface area contributed by atoms with Crippen LogP contribution in [0.5, 0.6) is 5.75 Å². The molecule has 2 N–H and O–H groups in total. The van der Waals surface area contributed by atoms with Gasteiger partial charge in [0.2, 0.25) is 0 Å². The van der Waals surface area contributed by atoms with Gasteiger partial charge in [0.1, 0.15) is 11.6 Å². The van der Waals surface area contributed by atoms with Gasteiger partial charge >= 0.3 is 0 Å². The predicted octanol–water partition coefficient (Wildman–Crippen LogP) is 2.50. The molecule has 0 aromatic heterocycles. The number of phenols is 1. The van der Waals surface area contributed by atoms with Crippen LogP contribution in [0.3, 0.4) is 0 Å². The second-order valence-electron chi connectivity index (χ2n) is 5.31.